The smallest absolute Gasteiger partial charge is 0.379 e. The number of carbonyl (C=O) groups is 1. The molecule has 0 saturated carbocycles. The minimum Gasteiger partial charge on any atom is -0.379 e. The first-order valence-corrected chi connectivity index (χ1v) is 11.9. The van der Waals surface area contributed by atoms with Crippen LogP contribution in [0.5, 0.6) is 0 Å². The van der Waals surface area contributed by atoms with E-state index in [1.807, 2.05) is 4.90 Å². The molecule has 208 valence electrons. The fraction of sp³-hybridized carbons (Fsp3) is 0.591. The summed E-state index contributed by atoms with van der Waals surface area (Å²) >= 11 is 0. The van der Waals surface area contributed by atoms with Gasteiger partial charge in [-0.3, -0.25) is 9.59 Å². The van der Waals surface area contributed by atoms with E-state index in [1.54, 1.807) is 21.8 Å². The standard InChI is InChI=1S/C22H26F6N8O2/c1-13(32-16-10-31-33-18(37)17(16)22(26,27)28)11-34-3-2-14(12-34)19(38)35-4-6-36(7-5-35)20-29-8-15(9-30-20)21(23,24)25/h8-10,13-14H,2-7,11-12H2,1H3,(H2,32,33,37)/t13-,14?/m0/s1. The number of piperazine rings is 1. The molecule has 1 amide bonds. The Morgan fingerprint density at radius 2 is 1.71 bits per heavy atom. The molecule has 2 fully saturated rings. The van der Waals surface area contributed by atoms with Crippen LogP contribution in [0.2, 0.25) is 0 Å². The van der Waals surface area contributed by atoms with Gasteiger partial charge in [0.2, 0.25) is 11.9 Å². The fourth-order valence-corrected chi connectivity index (χ4v) is 4.70. The van der Waals surface area contributed by atoms with Gasteiger partial charge in [0.05, 0.1) is 23.4 Å². The van der Waals surface area contributed by atoms with E-state index in [4.69, 9.17) is 0 Å². The lowest BCUT2D eigenvalue weighted by Crippen LogP contribution is -2.51. The molecule has 2 aromatic heterocycles. The Labute approximate surface area is 213 Å². The second kappa shape index (κ2) is 10.7. The van der Waals surface area contributed by atoms with E-state index in [0.717, 1.165) is 18.6 Å². The highest BCUT2D eigenvalue weighted by Crippen LogP contribution is 2.32. The van der Waals surface area contributed by atoms with Gasteiger partial charge in [0.15, 0.2) is 0 Å². The fourth-order valence-electron chi connectivity index (χ4n) is 4.70. The minimum atomic E-state index is -4.84. The topological polar surface area (TPSA) is 110 Å². The number of aromatic amines is 1. The van der Waals surface area contributed by atoms with E-state index in [9.17, 15) is 35.9 Å². The van der Waals surface area contributed by atoms with Crippen molar-refractivity contribution in [2.45, 2.75) is 31.7 Å². The van der Waals surface area contributed by atoms with Crippen LogP contribution in [0.25, 0.3) is 0 Å². The molecule has 4 heterocycles. The summed E-state index contributed by atoms with van der Waals surface area (Å²) in [6, 6.07) is -0.458. The Bertz CT molecular complexity index is 1180. The summed E-state index contributed by atoms with van der Waals surface area (Å²) < 4.78 is 78.0. The van der Waals surface area contributed by atoms with Crippen LogP contribution in [-0.4, -0.2) is 87.7 Å². The van der Waals surface area contributed by atoms with E-state index < -0.39 is 40.8 Å². The van der Waals surface area contributed by atoms with E-state index in [1.165, 1.54) is 0 Å². The first-order chi connectivity index (χ1) is 17.8. The number of rotatable bonds is 6. The quantitative estimate of drug-likeness (QED) is 0.529. The zero-order valence-corrected chi connectivity index (χ0v) is 20.3. The van der Waals surface area contributed by atoms with E-state index >= 15 is 0 Å². The molecule has 2 saturated heterocycles. The van der Waals surface area contributed by atoms with Crippen LogP contribution in [0.4, 0.5) is 38.0 Å². The first-order valence-electron chi connectivity index (χ1n) is 11.9. The molecule has 2 aliphatic heterocycles. The third-order valence-corrected chi connectivity index (χ3v) is 6.53. The van der Waals surface area contributed by atoms with Gasteiger partial charge in [-0.1, -0.05) is 0 Å². The van der Waals surface area contributed by atoms with Gasteiger partial charge in [-0.05, 0) is 19.9 Å². The van der Waals surface area contributed by atoms with Crippen molar-refractivity contribution in [2.24, 2.45) is 5.92 Å². The molecule has 16 heteroatoms. The van der Waals surface area contributed by atoms with Crippen LogP contribution in [0.15, 0.2) is 23.4 Å². The van der Waals surface area contributed by atoms with Crippen LogP contribution in [0.3, 0.4) is 0 Å². The summed E-state index contributed by atoms with van der Waals surface area (Å²) in [5, 5.41) is 7.95. The number of alkyl halides is 6. The summed E-state index contributed by atoms with van der Waals surface area (Å²) in [6.07, 6.45) is -6.37. The summed E-state index contributed by atoms with van der Waals surface area (Å²) in [5.74, 6) is -0.148. The molecule has 0 spiro atoms. The molecular weight excluding hydrogens is 522 g/mol. The number of hydrogen-bond acceptors (Lipinski definition) is 8. The van der Waals surface area contributed by atoms with Crippen LogP contribution < -0.4 is 15.8 Å². The van der Waals surface area contributed by atoms with Crippen molar-refractivity contribution in [1.82, 2.24) is 30.0 Å². The van der Waals surface area contributed by atoms with Crippen molar-refractivity contribution >= 4 is 17.5 Å². The third-order valence-electron chi connectivity index (χ3n) is 6.53. The van der Waals surface area contributed by atoms with Crippen molar-refractivity contribution in [3.8, 4) is 0 Å². The van der Waals surface area contributed by atoms with Crippen LogP contribution in [0.1, 0.15) is 24.5 Å². The Hall–Kier alpha value is -3.43. The average molecular weight is 548 g/mol. The number of anilines is 2. The number of aromatic nitrogens is 4. The normalized spacial score (nSPS) is 20.0. The lowest BCUT2D eigenvalue weighted by Gasteiger charge is -2.36. The molecule has 0 aliphatic carbocycles. The number of nitrogens with one attached hydrogen (secondary N) is 2. The number of carbonyl (C=O) groups excluding carboxylic acids is 1. The Morgan fingerprint density at radius 1 is 1.05 bits per heavy atom. The second-order valence-corrected chi connectivity index (χ2v) is 9.36. The molecule has 2 aliphatic rings. The Morgan fingerprint density at radius 3 is 2.32 bits per heavy atom. The largest absolute Gasteiger partial charge is 0.423 e. The first kappa shape index (κ1) is 27.6. The van der Waals surface area contributed by atoms with Crippen LogP contribution in [0, 0.1) is 5.92 Å². The molecule has 38 heavy (non-hydrogen) atoms. The van der Waals surface area contributed by atoms with E-state index in [0.29, 0.717) is 52.2 Å². The van der Waals surface area contributed by atoms with Crippen LogP contribution >= 0.6 is 0 Å². The van der Waals surface area contributed by atoms with Gasteiger partial charge in [-0.2, -0.15) is 31.4 Å². The van der Waals surface area contributed by atoms with Gasteiger partial charge in [0, 0.05) is 57.7 Å². The molecular formula is C22H26F6N8O2. The summed E-state index contributed by atoms with van der Waals surface area (Å²) in [7, 11) is 0. The maximum absolute atomic E-state index is 13.3. The zero-order valence-electron chi connectivity index (χ0n) is 20.3. The highest BCUT2D eigenvalue weighted by molar-refractivity contribution is 5.79. The highest BCUT2D eigenvalue weighted by Gasteiger charge is 2.38. The molecule has 1 unspecified atom stereocenters. The number of likely N-dealkylation sites (tertiary alicyclic amines) is 1. The number of H-pyrrole nitrogens is 1. The predicted molar refractivity (Wildman–Crippen MR) is 123 cm³/mol. The Balaban J connectivity index is 1.27. The van der Waals surface area contributed by atoms with Gasteiger partial charge in [0.1, 0.15) is 5.56 Å². The number of hydrogen-bond donors (Lipinski definition) is 2. The van der Waals surface area contributed by atoms with Crippen molar-refractivity contribution in [1.29, 1.82) is 0 Å². The number of halogens is 6. The molecule has 4 rings (SSSR count). The van der Waals surface area contributed by atoms with Crippen molar-refractivity contribution in [3.63, 3.8) is 0 Å². The molecule has 10 nitrogen and oxygen atoms in total. The van der Waals surface area contributed by atoms with E-state index in [2.05, 4.69) is 20.4 Å². The van der Waals surface area contributed by atoms with Gasteiger partial charge < -0.3 is 20.0 Å². The summed E-state index contributed by atoms with van der Waals surface area (Å²) in [4.78, 5) is 37.7. The van der Waals surface area contributed by atoms with E-state index in [-0.39, 0.29) is 17.8 Å². The predicted octanol–water partition coefficient (Wildman–Crippen LogP) is 2.07. The number of nitrogens with zero attached hydrogens (tertiary/aromatic N) is 6. The molecule has 0 aromatic carbocycles. The summed E-state index contributed by atoms with van der Waals surface area (Å²) in [6.45, 7) is 4.54. The average Bonchev–Trinajstić information content (AvgIpc) is 3.30. The van der Waals surface area contributed by atoms with Crippen molar-refractivity contribution in [3.05, 3.63) is 40.1 Å². The summed E-state index contributed by atoms with van der Waals surface area (Å²) in [5.41, 5.74) is -4.00. The molecule has 2 atom stereocenters. The zero-order chi connectivity index (χ0) is 27.7. The Kier molecular flexibility index (Phi) is 7.80. The lowest BCUT2D eigenvalue weighted by atomic mass is 10.1. The lowest BCUT2D eigenvalue weighted by molar-refractivity contribution is -0.139. The van der Waals surface area contributed by atoms with Crippen LogP contribution in [-0.2, 0) is 17.1 Å². The third kappa shape index (κ3) is 6.34. The second-order valence-electron chi connectivity index (χ2n) is 9.36. The molecule has 0 bridgehead atoms. The monoisotopic (exact) mass is 548 g/mol. The molecule has 0 radical (unpaired) electrons. The molecule has 2 aromatic rings. The van der Waals surface area contributed by atoms with Crippen molar-refractivity contribution in [2.75, 3.05) is 56.0 Å². The number of amides is 1. The maximum atomic E-state index is 13.3. The van der Waals surface area contributed by atoms with Gasteiger partial charge in [0.25, 0.3) is 5.56 Å². The molecule has 2 N–H and O–H groups in total. The maximum Gasteiger partial charge on any atom is 0.423 e. The highest BCUT2D eigenvalue weighted by atomic mass is 19.4. The minimum absolute atomic E-state index is 0.0424. The van der Waals surface area contributed by atoms with Gasteiger partial charge in [-0.25, -0.2) is 15.1 Å². The van der Waals surface area contributed by atoms with Crippen molar-refractivity contribution < 1.29 is 31.1 Å². The SMILES string of the molecule is C[C@@H](CN1CCC(C(=O)N2CCN(c3ncc(C(F)(F)F)cn3)CC2)C1)Nc1cn[nH]c(=O)c1C(F)(F)F. The van der Waals surface area contributed by atoms with Gasteiger partial charge in [-0.15, -0.1) is 0 Å². The van der Waals surface area contributed by atoms with Gasteiger partial charge >= 0.3 is 12.4 Å².